The molecule has 1 saturated heterocycles. The fraction of sp³-hybridized carbons (Fsp3) is 0.562. The lowest BCUT2D eigenvalue weighted by Gasteiger charge is -2.34. The molecule has 21 heavy (non-hydrogen) atoms. The van der Waals surface area contributed by atoms with Gasteiger partial charge in [0.05, 0.1) is 5.92 Å². The first kappa shape index (κ1) is 14.2. The molecule has 0 spiro atoms. The van der Waals surface area contributed by atoms with Gasteiger partial charge in [0.25, 0.3) is 0 Å². The highest BCUT2D eigenvalue weighted by atomic mass is 16.6. The fourth-order valence-electron chi connectivity index (χ4n) is 3.21. The van der Waals surface area contributed by atoms with E-state index >= 15 is 0 Å². The van der Waals surface area contributed by atoms with Crippen LogP contribution in [0.2, 0.25) is 0 Å². The van der Waals surface area contributed by atoms with E-state index in [0.717, 1.165) is 36.6 Å². The number of rotatable bonds is 3. The van der Waals surface area contributed by atoms with Gasteiger partial charge in [0.2, 0.25) is 0 Å². The Morgan fingerprint density at radius 3 is 2.81 bits per heavy atom. The molecule has 3 rings (SSSR count). The maximum Gasteiger partial charge on any atom is 0.307 e. The first-order chi connectivity index (χ1) is 10.1. The molecule has 2 atom stereocenters. The SMILES string of the molecule is CC1CC(C(=O)O)CN(Cc2ccc3c(c2)OCCO3)C1. The molecule has 2 unspecified atom stereocenters. The Bertz CT molecular complexity index is 531. The van der Waals surface area contributed by atoms with Gasteiger partial charge in [-0.15, -0.1) is 0 Å². The number of fused-ring (bicyclic) bond motifs is 1. The highest BCUT2D eigenvalue weighted by Crippen LogP contribution is 2.32. The van der Waals surface area contributed by atoms with Crippen molar-refractivity contribution in [3.8, 4) is 11.5 Å². The molecule has 114 valence electrons. The average Bonchev–Trinajstić information content (AvgIpc) is 2.46. The number of hydrogen-bond acceptors (Lipinski definition) is 4. The molecule has 0 amide bonds. The maximum absolute atomic E-state index is 11.2. The van der Waals surface area contributed by atoms with E-state index in [2.05, 4.69) is 11.8 Å². The molecule has 1 aromatic carbocycles. The van der Waals surface area contributed by atoms with Crippen molar-refractivity contribution in [1.82, 2.24) is 4.90 Å². The van der Waals surface area contributed by atoms with Crippen molar-refractivity contribution in [3.05, 3.63) is 23.8 Å². The molecule has 2 heterocycles. The van der Waals surface area contributed by atoms with Gasteiger partial charge >= 0.3 is 5.97 Å². The van der Waals surface area contributed by atoms with Gasteiger partial charge in [0.1, 0.15) is 13.2 Å². The highest BCUT2D eigenvalue weighted by Gasteiger charge is 2.29. The Hall–Kier alpha value is -1.75. The van der Waals surface area contributed by atoms with Gasteiger partial charge in [-0.3, -0.25) is 9.69 Å². The minimum Gasteiger partial charge on any atom is -0.486 e. The summed E-state index contributed by atoms with van der Waals surface area (Å²) in [5.41, 5.74) is 1.14. The summed E-state index contributed by atoms with van der Waals surface area (Å²) in [6, 6.07) is 5.97. The van der Waals surface area contributed by atoms with Crippen molar-refractivity contribution >= 4 is 5.97 Å². The number of piperidine rings is 1. The molecule has 1 fully saturated rings. The van der Waals surface area contributed by atoms with Crippen LogP contribution in [0.5, 0.6) is 11.5 Å². The van der Waals surface area contributed by atoms with Crippen molar-refractivity contribution in [3.63, 3.8) is 0 Å². The molecule has 0 radical (unpaired) electrons. The molecule has 2 aliphatic heterocycles. The topological polar surface area (TPSA) is 59.0 Å². The first-order valence-corrected chi connectivity index (χ1v) is 7.45. The first-order valence-electron chi connectivity index (χ1n) is 7.45. The maximum atomic E-state index is 11.2. The van der Waals surface area contributed by atoms with Crippen LogP contribution in [0.3, 0.4) is 0 Å². The van der Waals surface area contributed by atoms with Crippen LogP contribution >= 0.6 is 0 Å². The van der Waals surface area contributed by atoms with Crippen LogP contribution in [-0.4, -0.2) is 42.3 Å². The molecule has 5 nitrogen and oxygen atoms in total. The second kappa shape index (κ2) is 5.93. The van der Waals surface area contributed by atoms with Crippen molar-refractivity contribution in [2.24, 2.45) is 11.8 Å². The summed E-state index contributed by atoms with van der Waals surface area (Å²) in [6.45, 7) is 5.61. The van der Waals surface area contributed by atoms with Crippen LogP contribution in [-0.2, 0) is 11.3 Å². The summed E-state index contributed by atoms with van der Waals surface area (Å²) < 4.78 is 11.1. The molecular weight excluding hydrogens is 270 g/mol. The normalized spacial score (nSPS) is 25.6. The number of carboxylic acids is 1. The van der Waals surface area contributed by atoms with Crippen molar-refractivity contribution < 1.29 is 19.4 Å². The predicted octanol–water partition coefficient (Wildman–Crippen LogP) is 2.00. The largest absolute Gasteiger partial charge is 0.486 e. The van der Waals surface area contributed by atoms with Crippen molar-refractivity contribution in [2.75, 3.05) is 26.3 Å². The number of aliphatic carboxylic acids is 1. The van der Waals surface area contributed by atoms with Crippen LogP contribution in [0.15, 0.2) is 18.2 Å². The summed E-state index contributed by atoms with van der Waals surface area (Å²) >= 11 is 0. The number of carbonyl (C=O) groups is 1. The van der Waals surface area contributed by atoms with Crippen LogP contribution in [0.1, 0.15) is 18.9 Å². The fourth-order valence-corrected chi connectivity index (χ4v) is 3.21. The van der Waals surface area contributed by atoms with E-state index in [1.807, 2.05) is 18.2 Å². The van der Waals surface area contributed by atoms with Crippen LogP contribution in [0.4, 0.5) is 0 Å². The number of benzene rings is 1. The number of nitrogens with zero attached hydrogens (tertiary/aromatic N) is 1. The zero-order valence-corrected chi connectivity index (χ0v) is 12.2. The van der Waals surface area contributed by atoms with Gasteiger partial charge in [0.15, 0.2) is 11.5 Å². The lowest BCUT2D eigenvalue weighted by molar-refractivity contribution is -0.144. The zero-order chi connectivity index (χ0) is 14.8. The summed E-state index contributed by atoms with van der Waals surface area (Å²) in [5.74, 6) is 1.05. The van der Waals surface area contributed by atoms with E-state index in [4.69, 9.17) is 9.47 Å². The van der Waals surface area contributed by atoms with Gasteiger partial charge in [-0.1, -0.05) is 13.0 Å². The molecule has 1 aromatic rings. The molecule has 0 aliphatic carbocycles. The Labute approximate surface area is 124 Å². The molecule has 0 saturated carbocycles. The number of carboxylic acid groups (broad SMARTS) is 1. The Morgan fingerprint density at radius 1 is 1.29 bits per heavy atom. The lowest BCUT2D eigenvalue weighted by Crippen LogP contribution is -2.41. The summed E-state index contributed by atoms with van der Waals surface area (Å²) in [6.07, 6.45) is 0.771. The monoisotopic (exact) mass is 291 g/mol. The van der Waals surface area contributed by atoms with E-state index in [9.17, 15) is 9.90 Å². The van der Waals surface area contributed by atoms with Gasteiger partial charge < -0.3 is 14.6 Å². The Balaban J connectivity index is 1.69. The third-order valence-electron chi connectivity index (χ3n) is 4.10. The zero-order valence-electron chi connectivity index (χ0n) is 12.2. The minimum atomic E-state index is -0.686. The summed E-state index contributed by atoms with van der Waals surface area (Å²) in [7, 11) is 0. The van der Waals surface area contributed by atoms with Crippen LogP contribution in [0.25, 0.3) is 0 Å². The predicted molar refractivity (Wildman–Crippen MR) is 77.6 cm³/mol. The second-order valence-electron chi connectivity index (χ2n) is 6.05. The number of hydrogen-bond donors (Lipinski definition) is 1. The molecule has 2 aliphatic rings. The van der Waals surface area contributed by atoms with E-state index in [1.54, 1.807) is 0 Å². The van der Waals surface area contributed by atoms with Gasteiger partial charge in [-0.2, -0.15) is 0 Å². The molecule has 0 aromatic heterocycles. The van der Waals surface area contributed by atoms with Crippen LogP contribution < -0.4 is 9.47 Å². The molecule has 0 bridgehead atoms. The van der Waals surface area contributed by atoms with Gasteiger partial charge in [-0.25, -0.2) is 0 Å². The molecule has 5 heteroatoms. The number of likely N-dealkylation sites (tertiary alicyclic amines) is 1. The smallest absolute Gasteiger partial charge is 0.307 e. The van der Waals surface area contributed by atoms with E-state index in [-0.39, 0.29) is 5.92 Å². The van der Waals surface area contributed by atoms with E-state index in [1.165, 1.54) is 0 Å². The van der Waals surface area contributed by atoms with Crippen LogP contribution in [0, 0.1) is 11.8 Å². The summed E-state index contributed by atoms with van der Waals surface area (Å²) in [4.78, 5) is 13.4. The highest BCUT2D eigenvalue weighted by molar-refractivity contribution is 5.70. The second-order valence-corrected chi connectivity index (χ2v) is 6.05. The quantitative estimate of drug-likeness (QED) is 0.923. The van der Waals surface area contributed by atoms with Gasteiger partial charge in [0, 0.05) is 19.6 Å². The standard InChI is InChI=1S/C16H21NO4/c1-11-6-13(16(18)19)10-17(8-11)9-12-2-3-14-15(7-12)21-5-4-20-14/h2-3,7,11,13H,4-6,8-10H2,1H3,(H,18,19). The molecule has 1 N–H and O–H groups in total. The molecular formula is C16H21NO4. The van der Waals surface area contributed by atoms with Crippen molar-refractivity contribution in [2.45, 2.75) is 19.9 Å². The van der Waals surface area contributed by atoms with E-state index < -0.39 is 5.97 Å². The van der Waals surface area contributed by atoms with E-state index in [0.29, 0.717) is 25.7 Å². The van der Waals surface area contributed by atoms with Crippen molar-refractivity contribution in [1.29, 1.82) is 0 Å². The Kier molecular flexibility index (Phi) is 4.01. The Morgan fingerprint density at radius 2 is 2.05 bits per heavy atom. The third kappa shape index (κ3) is 3.29. The average molecular weight is 291 g/mol. The minimum absolute atomic E-state index is 0.258. The summed E-state index contributed by atoms with van der Waals surface area (Å²) in [5, 5.41) is 9.23. The van der Waals surface area contributed by atoms with Gasteiger partial charge in [-0.05, 0) is 30.0 Å². The number of ether oxygens (including phenoxy) is 2. The third-order valence-corrected chi connectivity index (χ3v) is 4.10. The lowest BCUT2D eigenvalue weighted by atomic mass is 9.90.